The van der Waals surface area contributed by atoms with Gasteiger partial charge in [0.15, 0.2) is 0 Å². The van der Waals surface area contributed by atoms with Crippen molar-refractivity contribution < 1.29 is 4.74 Å². The summed E-state index contributed by atoms with van der Waals surface area (Å²) in [5.41, 5.74) is 8.18. The topological polar surface area (TPSA) is 48.1 Å². The molecule has 16 heavy (non-hydrogen) atoms. The monoisotopic (exact) mass is 218 g/mol. The normalized spacial score (nSPS) is 21.1. The molecule has 3 heteroatoms. The van der Waals surface area contributed by atoms with Crippen molar-refractivity contribution in [1.82, 2.24) is 4.98 Å². The largest absolute Gasteiger partial charge is 0.494 e. The van der Waals surface area contributed by atoms with Crippen LogP contribution in [0.1, 0.15) is 31.4 Å². The zero-order chi connectivity index (χ0) is 11.4. The number of rotatable bonds is 2. The average molecular weight is 218 g/mol. The third kappa shape index (κ3) is 2.42. The molecule has 1 aliphatic carbocycles. The average Bonchev–Trinajstić information content (AvgIpc) is 2.54. The van der Waals surface area contributed by atoms with E-state index in [1.165, 1.54) is 18.4 Å². The lowest BCUT2D eigenvalue weighted by atomic mass is 10.1. The molecule has 0 aliphatic heterocycles. The fourth-order valence-corrected chi connectivity index (χ4v) is 2.11. The molecule has 3 nitrogen and oxygen atoms in total. The standard InChI is InChI=1S/C13H18N2O/c1-16-12-7-4-8-15-13(12)10-5-2-3-6-11(14)9-10/h4,7-9,11H,2-3,5-6,14H2,1H3. The zero-order valence-electron chi connectivity index (χ0n) is 9.65. The fourth-order valence-electron chi connectivity index (χ4n) is 2.11. The number of aromatic nitrogens is 1. The van der Waals surface area contributed by atoms with E-state index < -0.39 is 0 Å². The van der Waals surface area contributed by atoms with Crippen molar-refractivity contribution in [1.29, 1.82) is 0 Å². The van der Waals surface area contributed by atoms with Crippen LogP contribution in [0.25, 0.3) is 5.57 Å². The summed E-state index contributed by atoms with van der Waals surface area (Å²) in [5, 5.41) is 0. The molecule has 1 heterocycles. The van der Waals surface area contributed by atoms with E-state index in [0.717, 1.165) is 24.3 Å². The van der Waals surface area contributed by atoms with Gasteiger partial charge in [0.05, 0.1) is 7.11 Å². The quantitative estimate of drug-likeness (QED) is 0.829. The van der Waals surface area contributed by atoms with Gasteiger partial charge in [-0.1, -0.05) is 12.5 Å². The van der Waals surface area contributed by atoms with Gasteiger partial charge in [-0.25, -0.2) is 0 Å². The number of pyridine rings is 1. The van der Waals surface area contributed by atoms with E-state index in [1.807, 2.05) is 12.1 Å². The molecule has 2 rings (SSSR count). The number of hydrogen-bond acceptors (Lipinski definition) is 3. The van der Waals surface area contributed by atoms with Crippen LogP contribution in [0.5, 0.6) is 5.75 Å². The minimum Gasteiger partial charge on any atom is -0.494 e. The number of allylic oxidation sites excluding steroid dienone is 1. The van der Waals surface area contributed by atoms with Crippen LogP contribution in [0.3, 0.4) is 0 Å². The van der Waals surface area contributed by atoms with Crippen molar-refractivity contribution in [2.24, 2.45) is 5.73 Å². The molecule has 1 aromatic heterocycles. The predicted octanol–water partition coefficient (Wildman–Crippen LogP) is 2.37. The Morgan fingerprint density at radius 2 is 2.31 bits per heavy atom. The third-order valence-electron chi connectivity index (χ3n) is 2.94. The first-order valence-electron chi connectivity index (χ1n) is 5.77. The Bertz CT molecular complexity index is 387. The van der Waals surface area contributed by atoms with Crippen LogP contribution in [0.15, 0.2) is 24.4 Å². The van der Waals surface area contributed by atoms with E-state index in [9.17, 15) is 0 Å². The number of hydrogen-bond donors (Lipinski definition) is 1. The molecule has 0 bridgehead atoms. The van der Waals surface area contributed by atoms with Crippen molar-refractivity contribution >= 4 is 5.57 Å². The number of nitrogens with two attached hydrogens (primary N) is 1. The van der Waals surface area contributed by atoms with E-state index in [-0.39, 0.29) is 6.04 Å². The van der Waals surface area contributed by atoms with Gasteiger partial charge < -0.3 is 10.5 Å². The van der Waals surface area contributed by atoms with E-state index in [4.69, 9.17) is 10.5 Å². The lowest BCUT2D eigenvalue weighted by Crippen LogP contribution is -2.15. The third-order valence-corrected chi connectivity index (χ3v) is 2.94. The van der Waals surface area contributed by atoms with Gasteiger partial charge in [-0.3, -0.25) is 4.98 Å². The van der Waals surface area contributed by atoms with Crippen LogP contribution in [-0.2, 0) is 0 Å². The number of methoxy groups -OCH3 is 1. The molecule has 0 saturated heterocycles. The minimum absolute atomic E-state index is 0.157. The molecule has 0 spiro atoms. The summed E-state index contributed by atoms with van der Waals surface area (Å²) in [5.74, 6) is 0.836. The molecule has 86 valence electrons. The maximum absolute atomic E-state index is 6.01. The first-order valence-corrected chi connectivity index (χ1v) is 5.77. The highest BCUT2D eigenvalue weighted by Crippen LogP contribution is 2.29. The summed E-state index contributed by atoms with van der Waals surface area (Å²) in [6.45, 7) is 0. The SMILES string of the molecule is COc1cccnc1C1=CC(N)CCCC1. The smallest absolute Gasteiger partial charge is 0.144 e. The van der Waals surface area contributed by atoms with E-state index in [0.29, 0.717) is 0 Å². The second-order valence-corrected chi connectivity index (χ2v) is 4.16. The van der Waals surface area contributed by atoms with Crippen LogP contribution >= 0.6 is 0 Å². The summed E-state index contributed by atoms with van der Waals surface area (Å²) in [7, 11) is 1.68. The highest BCUT2D eigenvalue weighted by atomic mass is 16.5. The van der Waals surface area contributed by atoms with Crippen LogP contribution in [0.4, 0.5) is 0 Å². The Balaban J connectivity index is 2.34. The van der Waals surface area contributed by atoms with Gasteiger partial charge in [0.25, 0.3) is 0 Å². The molecule has 0 amide bonds. The summed E-state index contributed by atoms with van der Waals surface area (Å²) in [6, 6.07) is 3.99. The molecule has 0 radical (unpaired) electrons. The molecular formula is C13H18N2O. The maximum atomic E-state index is 6.01. The molecule has 0 aromatic carbocycles. The highest BCUT2D eigenvalue weighted by Gasteiger charge is 2.14. The van der Waals surface area contributed by atoms with E-state index in [1.54, 1.807) is 13.3 Å². The second-order valence-electron chi connectivity index (χ2n) is 4.16. The van der Waals surface area contributed by atoms with Crippen molar-refractivity contribution in [2.45, 2.75) is 31.7 Å². The number of nitrogens with zero attached hydrogens (tertiary/aromatic N) is 1. The first-order chi connectivity index (χ1) is 7.81. The van der Waals surface area contributed by atoms with Crippen LogP contribution in [0, 0.1) is 0 Å². The molecule has 1 unspecified atom stereocenters. The number of ether oxygens (including phenoxy) is 1. The van der Waals surface area contributed by atoms with Crippen molar-refractivity contribution in [3.8, 4) is 5.75 Å². The van der Waals surface area contributed by atoms with E-state index in [2.05, 4.69) is 11.1 Å². The van der Waals surface area contributed by atoms with Gasteiger partial charge >= 0.3 is 0 Å². The minimum atomic E-state index is 0.157. The van der Waals surface area contributed by atoms with Gasteiger partial charge in [-0.15, -0.1) is 0 Å². The fraction of sp³-hybridized carbons (Fsp3) is 0.462. The second kappa shape index (κ2) is 5.12. The van der Waals surface area contributed by atoms with Gasteiger partial charge in [-0.2, -0.15) is 0 Å². The molecule has 1 atom stereocenters. The maximum Gasteiger partial charge on any atom is 0.144 e. The molecule has 1 aromatic rings. The van der Waals surface area contributed by atoms with Crippen molar-refractivity contribution in [3.63, 3.8) is 0 Å². The van der Waals surface area contributed by atoms with Crippen LogP contribution < -0.4 is 10.5 Å². The van der Waals surface area contributed by atoms with Gasteiger partial charge in [-0.05, 0) is 37.0 Å². The Labute approximate surface area is 96.3 Å². The molecule has 2 N–H and O–H groups in total. The summed E-state index contributed by atoms with van der Waals surface area (Å²) >= 11 is 0. The predicted molar refractivity (Wildman–Crippen MR) is 65.2 cm³/mol. The molecule has 0 saturated carbocycles. The van der Waals surface area contributed by atoms with E-state index >= 15 is 0 Å². The van der Waals surface area contributed by atoms with Crippen molar-refractivity contribution in [3.05, 3.63) is 30.1 Å². The highest BCUT2D eigenvalue weighted by molar-refractivity contribution is 5.68. The van der Waals surface area contributed by atoms with Gasteiger partial charge in [0.2, 0.25) is 0 Å². The van der Waals surface area contributed by atoms with Crippen molar-refractivity contribution in [2.75, 3.05) is 7.11 Å². The molecule has 1 aliphatic rings. The zero-order valence-corrected chi connectivity index (χ0v) is 9.65. The van der Waals surface area contributed by atoms with Crippen LogP contribution in [0.2, 0.25) is 0 Å². The summed E-state index contributed by atoms with van der Waals surface area (Å²) in [4.78, 5) is 4.40. The Kier molecular flexibility index (Phi) is 3.57. The lowest BCUT2D eigenvalue weighted by Gasteiger charge is -2.10. The Hall–Kier alpha value is -1.35. The Morgan fingerprint density at radius 1 is 1.44 bits per heavy atom. The van der Waals surface area contributed by atoms with Crippen LogP contribution in [-0.4, -0.2) is 18.1 Å². The van der Waals surface area contributed by atoms with Gasteiger partial charge in [0, 0.05) is 12.2 Å². The summed E-state index contributed by atoms with van der Waals surface area (Å²) < 4.78 is 5.33. The molecular weight excluding hydrogens is 200 g/mol. The Morgan fingerprint density at radius 3 is 3.12 bits per heavy atom. The lowest BCUT2D eigenvalue weighted by molar-refractivity contribution is 0.411. The van der Waals surface area contributed by atoms with Gasteiger partial charge in [0.1, 0.15) is 11.4 Å². The summed E-state index contributed by atoms with van der Waals surface area (Å²) in [6.07, 6.45) is 8.42. The first kappa shape index (κ1) is 11.1. The molecule has 0 fully saturated rings.